The number of carbonyl (C=O) groups is 1. The number of hydrogen-bond donors (Lipinski definition) is 1. The van der Waals surface area contributed by atoms with E-state index in [1.807, 2.05) is 24.6 Å². The third-order valence-corrected chi connectivity index (χ3v) is 2.25. The van der Waals surface area contributed by atoms with Crippen LogP contribution >= 0.6 is 0 Å². The molecule has 0 saturated carbocycles. The van der Waals surface area contributed by atoms with Gasteiger partial charge in [0.25, 0.3) is 0 Å². The molecule has 14 heavy (non-hydrogen) atoms. The second kappa shape index (κ2) is 4.31. The van der Waals surface area contributed by atoms with E-state index in [1.165, 1.54) is 0 Å². The Balaban J connectivity index is 3.13. The number of carboxylic acids is 1. The molecule has 0 radical (unpaired) electrons. The molecule has 1 rings (SSSR count). The lowest BCUT2D eigenvalue weighted by Crippen LogP contribution is -2.08. The summed E-state index contributed by atoms with van der Waals surface area (Å²) in [6, 6.07) is 1.69. The van der Waals surface area contributed by atoms with Crippen molar-refractivity contribution in [2.45, 2.75) is 39.7 Å². The van der Waals surface area contributed by atoms with Gasteiger partial charge in [0.05, 0.1) is 5.56 Å². The smallest absolute Gasteiger partial charge is 0.337 e. The molecule has 78 valence electrons. The lowest BCUT2D eigenvalue weighted by molar-refractivity contribution is 0.0695. The van der Waals surface area contributed by atoms with Crippen molar-refractivity contribution >= 4 is 5.97 Å². The van der Waals surface area contributed by atoms with Gasteiger partial charge in [0.2, 0.25) is 0 Å². The van der Waals surface area contributed by atoms with Gasteiger partial charge >= 0.3 is 5.97 Å². The Kier molecular flexibility index (Phi) is 3.33. The molecule has 0 spiro atoms. The van der Waals surface area contributed by atoms with Crippen LogP contribution in [-0.2, 0) is 6.54 Å². The number of aryl methyl sites for hydroxylation is 1. The van der Waals surface area contributed by atoms with E-state index in [-0.39, 0.29) is 5.92 Å². The number of rotatable bonds is 4. The standard InChI is InChI=1S/C11H17NO2/c1-4-6-12-7-5-9(11(13)14)10(12)8(2)3/h5,7-8H,4,6H2,1-3H3,(H,13,14). The Morgan fingerprint density at radius 1 is 1.57 bits per heavy atom. The highest BCUT2D eigenvalue weighted by molar-refractivity contribution is 5.89. The second-order valence-electron chi connectivity index (χ2n) is 3.77. The van der Waals surface area contributed by atoms with Crippen LogP contribution in [0.15, 0.2) is 12.3 Å². The minimum absolute atomic E-state index is 0.252. The van der Waals surface area contributed by atoms with E-state index in [1.54, 1.807) is 6.07 Å². The molecule has 3 heteroatoms. The molecule has 3 nitrogen and oxygen atoms in total. The SMILES string of the molecule is CCCn1ccc(C(=O)O)c1C(C)C. The largest absolute Gasteiger partial charge is 0.478 e. The maximum atomic E-state index is 10.9. The topological polar surface area (TPSA) is 42.2 Å². The molecule has 1 aromatic rings. The zero-order valence-electron chi connectivity index (χ0n) is 8.95. The van der Waals surface area contributed by atoms with Crippen LogP contribution in [0.5, 0.6) is 0 Å². The number of hydrogen-bond acceptors (Lipinski definition) is 1. The quantitative estimate of drug-likeness (QED) is 0.802. The van der Waals surface area contributed by atoms with E-state index in [0.717, 1.165) is 18.7 Å². The Bertz CT molecular complexity index is 326. The normalized spacial score (nSPS) is 10.9. The summed E-state index contributed by atoms with van der Waals surface area (Å²) in [6.45, 7) is 7.02. The Morgan fingerprint density at radius 3 is 2.64 bits per heavy atom. The molecule has 0 aliphatic heterocycles. The highest BCUT2D eigenvalue weighted by Crippen LogP contribution is 2.21. The highest BCUT2D eigenvalue weighted by Gasteiger charge is 2.16. The monoisotopic (exact) mass is 195 g/mol. The minimum Gasteiger partial charge on any atom is -0.478 e. The molecule has 0 aliphatic rings. The van der Waals surface area contributed by atoms with Crippen LogP contribution in [0, 0.1) is 0 Å². The molecule has 0 aromatic carbocycles. The zero-order chi connectivity index (χ0) is 10.7. The van der Waals surface area contributed by atoms with Gasteiger partial charge in [-0.1, -0.05) is 20.8 Å². The van der Waals surface area contributed by atoms with E-state index < -0.39 is 5.97 Å². The molecule has 0 bridgehead atoms. The van der Waals surface area contributed by atoms with Gasteiger partial charge in [0.1, 0.15) is 0 Å². The number of nitrogens with zero attached hydrogens (tertiary/aromatic N) is 1. The molecule has 0 saturated heterocycles. The van der Waals surface area contributed by atoms with Gasteiger partial charge in [0, 0.05) is 18.4 Å². The van der Waals surface area contributed by atoms with Crippen molar-refractivity contribution < 1.29 is 9.90 Å². The lowest BCUT2D eigenvalue weighted by Gasteiger charge is -2.12. The third-order valence-electron chi connectivity index (χ3n) is 2.25. The van der Waals surface area contributed by atoms with Crippen LogP contribution in [0.1, 0.15) is 49.2 Å². The van der Waals surface area contributed by atoms with Gasteiger partial charge in [-0.2, -0.15) is 0 Å². The molecule has 1 heterocycles. The fourth-order valence-corrected chi connectivity index (χ4v) is 1.74. The summed E-state index contributed by atoms with van der Waals surface area (Å²) in [6.07, 6.45) is 2.88. The first-order chi connectivity index (χ1) is 6.57. The molecule has 0 aliphatic carbocycles. The van der Waals surface area contributed by atoms with E-state index in [2.05, 4.69) is 6.92 Å². The molecule has 1 N–H and O–H groups in total. The molecule has 0 amide bonds. The van der Waals surface area contributed by atoms with E-state index >= 15 is 0 Å². The maximum absolute atomic E-state index is 10.9. The van der Waals surface area contributed by atoms with Gasteiger partial charge in [-0.25, -0.2) is 4.79 Å². The molecule has 0 fully saturated rings. The van der Waals surface area contributed by atoms with E-state index in [0.29, 0.717) is 5.56 Å². The van der Waals surface area contributed by atoms with Gasteiger partial charge in [0.15, 0.2) is 0 Å². The van der Waals surface area contributed by atoms with Crippen molar-refractivity contribution in [2.24, 2.45) is 0 Å². The van der Waals surface area contributed by atoms with Crippen molar-refractivity contribution in [2.75, 3.05) is 0 Å². The molecule has 1 aromatic heterocycles. The fraction of sp³-hybridized carbons (Fsp3) is 0.545. The predicted molar refractivity (Wildman–Crippen MR) is 55.8 cm³/mol. The maximum Gasteiger partial charge on any atom is 0.337 e. The molecular formula is C11H17NO2. The Labute approximate surface area is 84.4 Å². The average molecular weight is 195 g/mol. The van der Waals surface area contributed by atoms with Gasteiger partial charge in [-0.3, -0.25) is 0 Å². The van der Waals surface area contributed by atoms with Crippen molar-refractivity contribution in [3.63, 3.8) is 0 Å². The molecule has 0 atom stereocenters. The van der Waals surface area contributed by atoms with E-state index in [9.17, 15) is 4.79 Å². The molecule has 0 unspecified atom stereocenters. The van der Waals surface area contributed by atoms with Crippen molar-refractivity contribution in [1.82, 2.24) is 4.57 Å². The summed E-state index contributed by atoms with van der Waals surface area (Å²) in [7, 11) is 0. The van der Waals surface area contributed by atoms with Crippen LogP contribution in [0.25, 0.3) is 0 Å². The number of carboxylic acid groups (broad SMARTS) is 1. The van der Waals surface area contributed by atoms with Crippen molar-refractivity contribution in [3.8, 4) is 0 Å². The van der Waals surface area contributed by atoms with Crippen LogP contribution in [-0.4, -0.2) is 15.6 Å². The predicted octanol–water partition coefficient (Wildman–Crippen LogP) is 2.72. The second-order valence-corrected chi connectivity index (χ2v) is 3.77. The van der Waals surface area contributed by atoms with Gasteiger partial charge in [-0.15, -0.1) is 0 Å². The first-order valence-electron chi connectivity index (χ1n) is 5.00. The lowest BCUT2D eigenvalue weighted by atomic mass is 10.1. The average Bonchev–Trinajstić information content (AvgIpc) is 2.48. The summed E-state index contributed by atoms with van der Waals surface area (Å²) in [5, 5.41) is 8.98. The Morgan fingerprint density at radius 2 is 2.21 bits per heavy atom. The minimum atomic E-state index is -0.830. The van der Waals surface area contributed by atoms with Crippen LogP contribution in [0.2, 0.25) is 0 Å². The summed E-state index contributed by atoms with van der Waals surface area (Å²) < 4.78 is 2.04. The van der Waals surface area contributed by atoms with E-state index in [4.69, 9.17) is 5.11 Å². The van der Waals surface area contributed by atoms with Crippen LogP contribution in [0.3, 0.4) is 0 Å². The highest BCUT2D eigenvalue weighted by atomic mass is 16.4. The van der Waals surface area contributed by atoms with Gasteiger partial charge < -0.3 is 9.67 Å². The summed E-state index contributed by atoms with van der Waals surface area (Å²) >= 11 is 0. The summed E-state index contributed by atoms with van der Waals surface area (Å²) in [5.74, 6) is -0.578. The van der Waals surface area contributed by atoms with Crippen LogP contribution in [0.4, 0.5) is 0 Å². The van der Waals surface area contributed by atoms with Crippen molar-refractivity contribution in [1.29, 1.82) is 0 Å². The Hall–Kier alpha value is -1.25. The third kappa shape index (κ3) is 1.97. The molecular weight excluding hydrogens is 178 g/mol. The van der Waals surface area contributed by atoms with Crippen molar-refractivity contribution in [3.05, 3.63) is 23.5 Å². The number of aromatic nitrogens is 1. The fourth-order valence-electron chi connectivity index (χ4n) is 1.74. The summed E-state index contributed by atoms with van der Waals surface area (Å²) in [5.41, 5.74) is 1.37. The number of aromatic carboxylic acids is 1. The zero-order valence-corrected chi connectivity index (χ0v) is 8.95. The first kappa shape index (κ1) is 10.8. The first-order valence-corrected chi connectivity index (χ1v) is 5.00. The summed E-state index contributed by atoms with van der Waals surface area (Å²) in [4.78, 5) is 10.9. The van der Waals surface area contributed by atoms with Gasteiger partial charge in [-0.05, 0) is 18.4 Å². The van der Waals surface area contributed by atoms with Crippen LogP contribution < -0.4 is 0 Å².